The van der Waals surface area contributed by atoms with Gasteiger partial charge >= 0.3 is 5.97 Å². The van der Waals surface area contributed by atoms with Crippen LogP contribution in [-0.4, -0.2) is 20.9 Å². The van der Waals surface area contributed by atoms with Gasteiger partial charge in [-0.1, -0.05) is 18.2 Å². The van der Waals surface area contributed by atoms with E-state index in [1.807, 2.05) is 29.9 Å². The molecule has 0 amide bonds. The lowest BCUT2D eigenvalue weighted by Crippen LogP contribution is -2.00. The summed E-state index contributed by atoms with van der Waals surface area (Å²) in [6.07, 6.45) is 2.48. The van der Waals surface area contributed by atoms with Gasteiger partial charge in [0.25, 0.3) is 0 Å². The number of rotatable bonds is 3. The van der Waals surface area contributed by atoms with Gasteiger partial charge in [-0.2, -0.15) is 5.10 Å². The fourth-order valence-corrected chi connectivity index (χ4v) is 2.44. The minimum absolute atomic E-state index is 0.0401. The molecule has 4 heteroatoms. The van der Waals surface area contributed by atoms with E-state index in [2.05, 4.69) is 5.10 Å². The summed E-state index contributed by atoms with van der Waals surface area (Å²) in [5.41, 5.74) is 2.91. The van der Waals surface area contributed by atoms with Gasteiger partial charge < -0.3 is 5.11 Å². The van der Waals surface area contributed by atoms with Crippen LogP contribution in [0.15, 0.2) is 18.2 Å². The number of benzene rings is 1. The van der Waals surface area contributed by atoms with E-state index in [4.69, 9.17) is 5.11 Å². The number of aliphatic carboxylic acids is 1. The third kappa shape index (κ3) is 1.69. The van der Waals surface area contributed by atoms with Crippen molar-refractivity contribution >= 4 is 16.9 Å². The van der Waals surface area contributed by atoms with Crippen molar-refractivity contribution in [2.75, 3.05) is 0 Å². The van der Waals surface area contributed by atoms with Crippen LogP contribution in [0, 0.1) is 0 Å². The van der Waals surface area contributed by atoms with Crippen molar-refractivity contribution in [1.82, 2.24) is 9.78 Å². The second-order valence-corrected chi connectivity index (χ2v) is 4.67. The van der Waals surface area contributed by atoms with Gasteiger partial charge in [-0.05, 0) is 18.4 Å². The molecular formula is C13H14N2O2. The quantitative estimate of drug-likeness (QED) is 0.878. The molecule has 1 aliphatic carbocycles. The minimum Gasteiger partial charge on any atom is -0.481 e. The van der Waals surface area contributed by atoms with Crippen LogP contribution in [0.5, 0.6) is 0 Å². The second kappa shape index (κ2) is 3.58. The van der Waals surface area contributed by atoms with Gasteiger partial charge in [-0.15, -0.1) is 0 Å². The summed E-state index contributed by atoms with van der Waals surface area (Å²) in [7, 11) is 1.94. The Balaban J connectivity index is 2.19. The number of carbonyl (C=O) groups is 1. The van der Waals surface area contributed by atoms with Crippen LogP contribution in [0.4, 0.5) is 0 Å². The highest BCUT2D eigenvalue weighted by atomic mass is 16.4. The van der Waals surface area contributed by atoms with Crippen LogP contribution in [0.25, 0.3) is 10.9 Å². The molecule has 0 atom stereocenters. The number of aryl methyl sites for hydroxylation is 1. The van der Waals surface area contributed by atoms with E-state index in [0.717, 1.165) is 16.5 Å². The molecule has 1 saturated carbocycles. The Labute approximate surface area is 98.9 Å². The molecule has 0 aliphatic heterocycles. The normalized spacial score (nSPS) is 15.4. The Morgan fingerprint density at radius 3 is 2.94 bits per heavy atom. The Morgan fingerprint density at radius 1 is 1.53 bits per heavy atom. The lowest BCUT2D eigenvalue weighted by molar-refractivity contribution is -0.136. The summed E-state index contributed by atoms with van der Waals surface area (Å²) in [6, 6.07) is 5.82. The molecule has 1 aliphatic rings. The molecule has 1 fully saturated rings. The van der Waals surface area contributed by atoms with Crippen LogP contribution < -0.4 is 0 Å². The average Bonchev–Trinajstić information content (AvgIpc) is 3.02. The molecule has 1 N–H and O–H groups in total. The third-order valence-corrected chi connectivity index (χ3v) is 3.30. The number of nitrogens with zero attached hydrogens (tertiary/aromatic N) is 2. The number of aromatic nitrogens is 2. The van der Waals surface area contributed by atoms with Crippen molar-refractivity contribution in [3.63, 3.8) is 0 Å². The van der Waals surface area contributed by atoms with Crippen molar-refractivity contribution in [2.45, 2.75) is 25.2 Å². The van der Waals surface area contributed by atoms with Crippen molar-refractivity contribution in [3.05, 3.63) is 29.5 Å². The van der Waals surface area contributed by atoms with Crippen LogP contribution in [0.3, 0.4) is 0 Å². The standard InChI is InChI=1S/C13H14N2O2/c1-15-13(8-5-6-8)10-4-2-3-9(7-11(16)17)12(10)14-15/h2-4,8H,5-7H2,1H3,(H,16,17). The number of hydrogen-bond acceptors (Lipinski definition) is 2. The van der Waals surface area contributed by atoms with E-state index in [1.165, 1.54) is 18.5 Å². The molecule has 88 valence electrons. The summed E-state index contributed by atoms with van der Waals surface area (Å²) >= 11 is 0. The maximum atomic E-state index is 10.8. The Kier molecular flexibility index (Phi) is 2.18. The van der Waals surface area contributed by atoms with Gasteiger partial charge in [0.05, 0.1) is 11.9 Å². The first-order chi connectivity index (χ1) is 8.16. The van der Waals surface area contributed by atoms with Gasteiger partial charge in [0, 0.05) is 24.0 Å². The molecule has 2 aromatic rings. The Hall–Kier alpha value is -1.84. The minimum atomic E-state index is -0.809. The van der Waals surface area contributed by atoms with Gasteiger partial charge in [0.1, 0.15) is 0 Å². The number of hydrogen-bond donors (Lipinski definition) is 1. The molecule has 0 radical (unpaired) electrons. The first-order valence-electron chi connectivity index (χ1n) is 5.83. The van der Waals surface area contributed by atoms with E-state index in [-0.39, 0.29) is 6.42 Å². The van der Waals surface area contributed by atoms with Crippen LogP contribution in [0.2, 0.25) is 0 Å². The summed E-state index contributed by atoms with van der Waals surface area (Å²) in [6.45, 7) is 0. The smallest absolute Gasteiger partial charge is 0.307 e. The zero-order valence-electron chi connectivity index (χ0n) is 9.68. The maximum absolute atomic E-state index is 10.8. The predicted octanol–water partition coefficient (Wildman–Crippen LogP) is 2.08. The largest absolute Gasteiger partial charge is 0.481 e. The molecule has 3 rings (SSSR count). The number of fused-ring (bicyclic) bond motifs is 1. The van der Waals surface area contributed by atoms with Crippen LogP contribution in [0.1, 0.15) is 30.0 Å². The van der Waals surface area contributed by atoms with Gasteiger partial charge in [-0.3, -0.25) is 9.48 Å². The topological polar surface area (TPSA) is 55.1 Å². The van der Waals surface area contributed by atoms with Gasteiger partial charge in [0.2, 0.25) is 0 Å². The summed E-state index contributed by atoms with van der Waals surface area (Å²) in [5, 5.41) is 14.5. The zero-order chi connectivity index (χ0) is 12.0. The molecule has 0 unspecified atom stereocenters. The Bertz CT molecular complexity index is 597. The van der Waals surface area contributed by atoms with Gasteiger partial charge in [-0.25, -0.2) is 0 Å². The first kappa shape index (κ1) is 10.3. The van der Waals surface area contributed by atoms with E-state index in [1.54, 1.807) is 0 Å². The highest BCUT2D eigenvalue weighted by Gasteiger charge is 2.29. The molecule has 17 heavy (non-hydrogen) atoms. The molecule has 0 bridgehead atoms. The summed E-state index contributed by atoms with van der Waals surface area (Å²) in [4.78, 5) is 10.8. The first-order valence-corrected chi connectivity index (χ1v) is 5.83. The average molecular weight is 230 g/mol. The lowest BCUT2D eigenvalue weighted by atomic mass is 10.1. The predicted molar refractivity (Wildman–Crippen MR) is 64.0 cm³/mol. The SMILES string of the molecule is Cn1nc2c(CC(=O)O)cccc2c1C1CC1. The third-order valence-electron chi connectivity index (χ3n) is 3.30. The summed E-state index contributed by atoms with van der Waals surface area (Å²) < 4.78 is 1.91. The molecule has 1 aromatic carbocycles. The fourth-order valence-electron chi connectivity index (χ4n) is 2.44. The highest BCUT2D eigenvalue weighted by Crippen LogP contribution is 2.43. The van der Waals surface area contributed by atoms with Crippen molar-refractivity contribution in [1.29, 1.82) is 0 Å². The van der Waals surface area contributed by atoms with Crippen molar-refractivity contribution in [3.8, 4) is 0 Å². The van der Waals surface area contributed by atoms with Crippen molar-refractivity contribution < 1.29 is 9.90 Å². The lowest BCUT2D eigenvalue weighted by Gasteiger charge is -1.99. The maximum Gasteiger partial charge on any atom is 0.307 e. The number of carboxylic acids is 1. The number of carboxylic acid groups (broad SMARTS) is 1. The second-order valence-electron chi connectivity index (χ2n) is 4.67. The molecule has 0 spiro atoms. The fraction of sp³-hybridized carbons (Fsp3) is 0.385. The molecule has 0 saturated heterocycles. The van der Waals surface area contributed by atoms with Crippen LogP contribution >= 0.6 is 0 Å². The van der Waals surface area contributed by atoms with E-state index in [9.17, 15) is 4.79 Å². The van der Waals surface area contributed by atoms with E-state index >= 15 is 0 Å². The molecule has 4 nitrogen and oxygen atoms in total. The Morgan fingerprint density at radius 2 is 2.29 bits per heavy atom. The molecular weight excluding hydrogens is 216 g/mol. The molecule has 1 heterocycles. The highest BCUT2D eigenvalue weighted by molar-refractivity contribution is 5.88. The van der Waals surface area contributed by atoms with Crippen molar-refractivity contribution in [2.24, 2.45) is 7.05 Å². The van der Waals surface area contributed by atoms with Crippen LogP contribution in [-0.2, 0) is 18.3 Å². The monoisotopic (exact) mass is 230 g/mol. The van der Waals surface area contributed by atoms with Gasteiger partial charge in [0.15, 0.2) is 0 Å². The molecule has 1 aromatic heterocycles. The van der Waals surface area contributed by atoms with E-state index < -0.39 is 5.97 Å². The summed E-state index contributed by atoms with van der Waals surface area (Å²) in [5.74, 6) is -0.193. The van der Waals surface area contributed by atoms with E-state index in [0.29, 0.717) is 5.92 Å². The zero-order valence-corrected chi connectivity index (χ0v) is 9.68.